The molecule has 8 heteroatoms. The number of ether oxygens (including phenoxy) is 2. The highest BCUT2D eigenvalue weighted by Gasteiger charge is 2.25. The standard InChI is InChI=1S/C33H38ClN3O4/c34-27-13-14-29-28(22-27)35-32(38)23-37(17-7-2-8-20-40-30-11-5-6-12-31(30)41-29)33(39)24-36-18-15-26(16-19-36)21-25-9-3-1-4-10-25/h1,3-6,9-14,22,26H,2,7-8,15-21,23-24H2,(H,35,38). The van der Waals surface area contributed by atoms with Crippen molar-refractivity contribution in [1.82, 2.24) is 9.80 Å². The van der Waals surface area contributed by atoms with Crippen molar-refractivity contribution in [2.75, 3.05) is 44.6 Å². The molecule has 41 heavy (non-hydrogen) atoms. The van der Waals surface area contributed by atoms with Crippen LogP contribution >= 0.6 is 11.6 Å². The number of rotatable bonds is 4. The summed E-state index contributed by atoms with van der Waals surface area (Å²) in [6.07, 6.45) is 5.74. The quantitative estimate of drug-likeness (QED) is 0.389. The van der Waals surface area contributed by atoms with Crippen LogP contribution < -0.4 is 14.8 Å². The SMILES string of the molecule is O=C1CN(C(=O)CN2CCC(Cc3ccccc3)CC2)CCCCCOc2ccccc2Oc2ccc(Cl)cc2N1. The predicted molar refractivity (Wildman–Crippen MR) is 162 cm³/mol. The van der Waals surface area contributed by atoms with E-state index < -0.39 is 0 Å². The molecule has 0 atom stereocenters. The highest BCUT2D eigenvalue weighted by atomic mass is 35.5. The van der Waals surface area contributed by atoms with Gasteiger partial charge < -0.3 is 19.7 Å². The zero-order valence-electron chi connectivity index (χ0n) is 23.4. The van der Waals surface area contributed by atoms with Gasteiger partial charge in [0.1, 0.15) is 0 Å². The molecule has 1 fully saturated rings. The van der Waals surface area contributed by atoms with E-state index in [9.17, 15) is 9.59 Å². The summed E-state index contributed by atoms with van der Waals surface area (Å²) >= 11 is 6.26. The predicted octanol–water partition coefficient (Wildman–Crippen LogP) is 6.42. The highest BCUT2D eigenvalue weighted by molar-refractivity contribution is 6.31. The Kier molecular flexibility index (Phi) is 10.2. The second-order valence-corrected chi connectivity index (χ2v) is 11.3. The first-order valence-corrected chi connectivity index (χ1v) is 14.9. The lowest BCUT2D eigenvalue weighted by atomic mass is 9.90. The molecule has 2 aliphatic rings. The van der Waals surface area contributed by atoms with Crippen molar-refractivity contribution in [3.8, 4) is 17.2 Å². The molecule has 2 heterocycles. The summed E-state index contributed by atoms with van der Waals surface area (Å²) in [4.78, 5) is 30.6. The molecule has 1 saturated heterocycles. The first-order valence-electron chi connectivity index (χ1n) is 14.6. The van der Waals surface area contributed by atoms with Gasteiger partial charge in [-0.05, 0) is 93.4 Å². The number of amides is 2. The molecule has 0 unspecified atom stereocenters. The molecule has 0 radical (unpaired) electrons. The summed E-state index contributed by atoms with van der Waals surface area (Å²) in [5, 5.41) is 3.39. The van der Waals surface area contributed by atoms with E-state index in [1.54, 1.807) is 23.1 Å². The van der Waals surface area contributed by atoms with E-state index >= 15 is 0 Å². The van der Waals surface area contributed by atoms with Crippen molar-refractivity contribution >= 4 is 29.1 Å². The Labute approximate surface area is 247 Å². The van der Waals surface area contributed by atoms with Crippen LogP contribution in [-0.4, -0.2) is 60.9 Å². The Bertz CT molecular complexity index is 1310. The normalized spacial score (nSPS) is 17.6. The number of fused-ring (bicyclic) bond motifs is 2. The summed E-state index contributed by atoms with van der Waals surface area (Å²) in [7, 11) is 0. The Hall–Kier alpha value is -3.55. The largest absolute Gasteiger partial charge is 0.490 e. The average Bonchev–Trinajstić information content (AvgIpc) is 2.98. The maximum absolute atomic E-state index is 13.5. The molecule has 0 bridgehead atoms. The Morgan fingerprint density at radius 3 is 2.44 bits per heavy atom. The zero-order chi connectivity index (χ0) is 28.4. The van der Waals surface area contributed by atoms with Crippen molar-refractivity contribution in [3.05, 3.63) is 83.4 Å². The number of hydrogen-bond donors (Lipinski definition) is 1. The number of anilines is 1. The second kappa shape index (κ2) is 14.4. The molecule has 1 N–H and O–H groups in total. The highest BCUT2D eigenvalue weighted by Crippen LogP contribution is 2.36. The lowest BCUT2D eigenvalue weighted by Gasteiger charge is -2.33. The number of para-hydroxylation sites is 2. The molecule has 2 amide bonds. The van der Waals surface area contributed by atoms with E-state index in [0.29, 0.717) is 53.6 Å². The fourth-order valence-electron chi connectivity index (χ4n) is 5.47. The lowest BCUT2D eigenvalue weighted by Crippen LogP contribution is -2.46. The van der Waals surface area contributed by atoms with E-state index in [2.05, 4.69) is 40.5 Å². The van der Waals surface area contributed by atoms with Gasteiger partial charge >= 0.3 is 0 Å². The van der Waals surface area contributed by atoms with Crippen molar-refractivity contribution in [1.29, 1.82) is 0 Å². The van der Waals surface area contributed by atoms with E-state index in [0.717, 1.165) is 51.6 Å². The number of piperidine rings is 1. The van der Waals surface area contributed by atoms with Crippen LogP contribution in [0.4, 0.5) is 5.69 Å². The molecular formula is C33H38ClN3O4. The van der Waals surface area contributed by atoms with Crippen molar-refractivity contribution in [2.24, 2.45) is 5.92 Å². The molecule has 0 aromatic heterocycles. The van der Waals surface area contributed by atoms with Crippen molar-refractivity contribution < 1.29 is 19.1 Å². The lowest BCUT2D eigenvalue weighted by molar-refractivity contribution is -0.136. The van der Waals surface area contributed by atoms with Gasteiger partial charge in [-0.1, -0.05) is 54.1 Å². The Morgan fingerprint density at radius 2 is 1.63 bits per heavy atom. The first kappa shape index (κ1) is 29.0. The minimum absolute atomic E-state index is 0.0165. The average molecular weight is 576 g/mol. The fraction of sp³-hybridized carbons (Fsp3) is 0.394. The number of benzene rings is 3. The monoisotopic (exact) mass is 575 g/mol. The van der Waals surface area contributed by atoms with Gasteiger partial charge in [-0.3, -0.25) is 14.5 Å². The maximum atomic E-state index is 13.5. The number of likely N-dealkylation sites (tertiary alicyclic amines) is 1. The Balaban J connectivity index is 1.23. The fourth-order valence-corrected chi connectivity index (χ4v) is 5.64. The smallest absolute Gasteiger partial charge is 0.244 e. The van der Waals surface area contributed by atoms with Gasteiger partial charge in [-0.25, -0.2) is 0 Å². The molecule has 2 aliphatic heterocycles. The second-order valence-electron chi connectivity index (χ2n) is 10.9. The molecule has 0 spiro atoms. The van der Waals surface area contributed by atoms with Crippen LogP contribution in [0, 0.1) is 5.92 Å². The summed E-state index contributed by atoms with van der Waals surface area (Å²) < 4.78 is 12.2. The van der Waals surface area contributed by atoms with Gasteiger partial charge in [-0.15, -0.1) is 0 Å². The number of hydrogen-bond acceptors (Lipinski definition) is 5. The van der Waals surface area contributed by atoms with Gasteiger partial charge in [0.15, 0.2) is 17.2 Å². The van der Waals surface area contributed by atoms with Crippen LogP contribution in [0.5, 0.6) is 17.2 Å². The van der Waals surface area contributed by atoms with Crippen LogP contribution in [0.25, 0.3) is 0 Å². The zero-order valence-corrected chi connectivity index (χ0v) is 24.2. The number of nitrogens with zero attached hydrogens (tertiary/aromatic N) is 2. The molecule has 216 valence electrons. The van der Waals surface area contributed by atoms with Crippen LogP contribution in [0.3, 0.4) is 0 Å². The van der Waals surface area contributed by atoms with Crippen molar-refractivity contribution in [2.45, 2.75) is 38.5 Å². The minimum Gasteiger partial charge on any atom is -0.490 e. The maximum Gasteiger partial charge on any atom is 0.244 e. The first-order chi connectivity index (χ1) is 20.0. The van der Waals surface area contributed by atoms with Crippen LogP contribution in [-0.2, 0) is 16.0 Å². The van der Waals surface area contributed by atoms with Gasteiger partial charge in [0.2, 0.25) is 11.8 Å². The molecule has 0 aliphatic carbocycles. The van der Waals surface area contributed by atoms with Crippen LogP contribution in [0.2, 0.25) is 5.02 Å². The topological polar surface area (TPSA) is 71.1 Å². The van der Waals surface area contributed by atoms with Gasteiger partial charge in [0.25, 0.3) is 0 Å². The van der Waals surface area contributed by atoms with Gasteiger partial charge in [-0.2, -0.15) is 0 Å². The number of carbonyl (C=O) groups excluding carboxylic acids is 2. The third-order valence-electron chi connectivity index (χ3n) is 7.74. The third-order valence-corrected chi connectivity index (χ3v) is 7.97. The summed E-state index contributed by atoms with van der Waals surface area (Å²) in [6, 6.07) is 23.2. The summed E-state index contributed by atoms with van der Waals surface area (Å²) in [6.45, 7) is 3.15. The van der Waals surface area contributed by atoms with Crippen LogP contribution in [0.15, 0.2) is 72.8 Å². The van der Waals surface area contributed by atoms with E-state index in [1.807, 2.05) is 24.3 Å². The van der Waals surface area contributed by atoms with Crippen LogP contribution in [0.1, 0.15) is 37.7 Å². The Morgan fingerprint density at radius 1 is 0.878 bits per heavy atom. The van der Waals surface area contributed by atoms with Gasteiger partial charge in [0, 0.05) is 11.6 Å². The minimum atomic E-state index is -0.286. The molecular weight excluding hydrogens is 538 g/mol. The molecule has 3 aromatic rings. The number of nitrogens with one attached hydrogen (secondary N) is 1. The summed E-state index contributed by atoms with van der Waals surface area (Å²) in [5.41, 5.74) is 1.82. The van der Waals surface area contributed by atoms with Crippen molar-refractivity contribution in [3.63, 3.8) is 0 Å². The third kappa shape index (κ3) is 8.47. The summed E-state index contributed by atoms with van der Waals surface area (Å²) in [5.74, 6) is 1.98. The molecule has 7 nitrogen and oxygen atoms in total. The number of halogens is 1. The number of carbonyl (C=O) groups is 2. The van der Waals surface area contributed by atoms with Gasteiger partial charge in [0.05, 0.1) is 25.4 Å². The van der Waals surface area contributed by atoms with E-state index in [4.69, 9.17) is 21.1 Å². The van der Waals surface area contributed by atoms with E-state index in [1.165, 1.54) is 5.56 Å². The molecule has 5 rings (SSSR count). The molecule has 0 saturated carbocycles. The molecule has 3 aromatic carbocycles. The van der Waals surface area contributed by atoms with E-state index in [-0.39, 0.29) is 18.4 Å².